The molecule has 1 amide bonds. The van der Waals surface area contributed by atoms with Crippen LogP contribution in [0.1, 0.15) is 31.1 Å². The van der Waals surface area contributed by atoms with Crippen LogP contribution in [0.5, 0.6) is 5.75 Å². The number of hydrogen-bond donors (Lipinski definition) is 1. The average Bonchev–Trinajstić information content (AvgIpc) is 2.38. The fraction of sp³-hybridized carbons (Fsp3) is 0.429. The molecule has 0 radical (unpaired) electrons. The van der Waals surface area contributed by atoms with E-state index in [1.807, 2.05) is 0 Å². The maximum Gasteiger partial charge on any atom is 0.338 e. The first-order valence-corrected chi connectivity index (χ1v) is 6.35. The van der Waals surface area contributed by atoms with Crippen LogP contribution in [0.15, 0.2) is 12.1 Å². The Kier molecular flexibility index (Phi) is 5.00. The molecule has 0 aliphatic heterocycles. The van der Waals surface area contributed by atoms with Crippen LogP contribution in [-0.2, 0) is 9.53 Å². The Morgan fingerprint density at radius 2 is 1.80 bits per heavy atom. The highest BCUT2D eigenvalue weighted by molar-refractivity contribution is 6.34. The number of methoxy groups -OCH3 is 2. The molecule has 20 heavy (non-hydrogen) atoms. The van der Waals surface area contributed by atoms with Crippen LogP contribution in [0, 0.1) is 5.41 Å². The van der Waals surface area contributed by atoms with E-state index in [-0.39, 0.29) is 16.5 Å². The Morgan fingerprint density at radius 1 is 1.20 bits per heavy atom. The monoisotopic (exact) mass is 299 g/mol. The van der Waals surface area contributed by atoms with Crippen molar-refractivity contribution in [1.29, 1.82) is 0 Å². The standard InChI is InChI=1S/C14H18ClNO4/c1-14(2,3)13(18)16-11-9(15)6-8(12(17)20-5)7-10(11)19-4/h6-7H,1-5H3,(H,16,18). The fourth-order valence-electron chi connectivity index (χ4n) is 1.40. The second-order valence-corrected chi connectivity index (χ2v) is 5.64. The molecular weight excluding hydrogens is 282 g/mol. The summed E-state index contributed by atoms with van der Waals surface area (Å²) in [6, 6.07) is 2.89. The van der Waals surface area contributed by atoms with Crippen LogP contribution >= 0.6 is 11.6 Å². The number of hydrogen-bond acceptors (Lipinski definition) is 4. The van der Waals surface area contributed by atoms with Crippen LogP contribution in [0.2, 0.25) is 5.02 Å². The Labute approximate surface area is 123 Å². The Morgan fingerprint density at radius 3 is 2.25 bits per heavy atom. The minimum atomic E-state index is -0.574. The van der Waals surface area contributed by atoms with E-state index in [0.717, 1.165) is 0 Å². The summed E-state index contributed by atoms with van der Waals surface area (Å²) < 4.78 is 9.79. The van der Waals surface area contributed by atoms with Gasteiger partial charge in [0, 0.05) is 5.41 Å². The molecule has 0 aliphatic rings. The molecule has 6 heteroatoms. The maximum absolute atomic E-state index is 12.0. The lowest BCUT2D eigenvalue weighted by molar-refractivity contribution is -0.123. The zero-order valence-corrected chi connectivity index (χ0v) is 12.9. The van der Waals surface area contributed by atoms with E-state index in [2.05, 4.69) is 10.1 Å². The Bertz CT molecular complexity index is 535. The lowest BCUT2D eigenvalue weighted by atomic mass is 9.95. The van der Waals surface area contributed by atoms with Crippen molar-refractivity contribution in [3.05, 3.63) is 22.7 Å². The zero-order valence-electron chi connectivity index (χ0n) is 12.2. The van der Waals surface area contributed by atoms with Crippen LogP contribution < -0.4 is 10.1 Å². The number of halogens is 1. The highest BCUT2D eigenvalue weighted by Gasteiger charge is 2.24. The van der Waals surface area contributed by atoms with E-state index in [0.29, 0.717) is 11.4 Å². The summed E-state index contributed by atoms with van der Waals surface area (Å²) in [6.45, 7) is 5.35. The molecule has 5 nitrogen and oxygen atoms in total. The van der Waals surface area contributed by atoms with E-state index in [1.54, 1.807) is 20.8 Å². The minimum absolute atomic E-state index is 0.205. The molecule has 1 aromatic carbocycles. The molecule has 1 N–H and O–H groups in total. The molecule has 0 heterocycles. The summed E-state index contributed by atoms with van der Waals surface area (Å²) in [5.74, 6) is -0.432. The molecule has 1 aromatic rings. The third-order valence-electron chi connectivity index (χ3n) is 2.61. The second kappa shape index (κ2) is 6.13. The molecule has 0 fully saturated rings. The number of carbonyl (C=O) groups is 2. The normalized spacial score (nSPS) is 10.9. The van der Waals surface area contributed by atoms with Crippen LogP contribution in [0.25, 0.3) is 0 Å². The van der Waals surface area contributed by atoms with Gasteiger partial charge in [-0.25, -0.2) is 4.79 Å². The SMILES string of the molecule is COC(=O)c1cc(Cl)c(NC(=O)C(C)(C)C)c(OC)c1. The first-order chi connectivity index (χ1) is 9.20. The van der Waals surface area contributed by atoms with Crippen molar-refractivity contribution in [3.63, 3.8) is 0 Å². The van der Waals surface area contributed by atoms with Crippen molar-refractivity contribution in [1.82, 2.24) is 0 Å². The number of rotatable bonds is 3. The third kappa shape index (κ3) is 3.63. The summed E-state index contributed by atoms with van der Waals surface area (Å²) in [5, 5.41) is 2.92. The molecule has 0 bridgehead atoms. The maximum atomic E-state index is 12.0. The van der Waals surface area contributed by atoms with Gasteiger partial charge in [0.05, 0.1) is 24.8 Å². The topological polar surface area (TPSA) is 64.6 Å². The molecule has 0 unspecified atom stereocenters. The first-order valence-electron chi connectivity index (χ1n) is 5.98. The number of esters is 1. The van der Waals surface area contributed by atoms with E-state index < -0.39 is 11.4 Å². The molecule has 0 atom stereocenters. The summed E-state index contributed by atoms with van der Waals surface area (Å²) in [4.78, 5) is 23.5. The first kappa shape index (κ1) is 16.3. The van der Waals surface area contributed by atoms with E-state index in [1.165, 1.54) is 26.4 Å². The van der Waals surface area contributed by atoms with Gasteiger partial charge in [-0.05, 0) is 12.1 Å². The predicted molar refractivity (Wildman–Crippen MR) is 77.4 cm³/mol. The van der Waals surface area contributed by atoms with Gasteiger partial charge in [0.25, 0.3) is 0 Å². The Hall–Kier alpha value is -1.75. The highest BCUT2D eigenvalue weighted by atomic mass is 35.5. The molecule has 0 spiro atoms. The van der Waals surface area contributed by atoms with Gasteiger partial charge in [0.1, 0.15) is 11.4 Å². The van der Waals surface area contributed by atoms with E-state index in [4.69, 9.17) is 16.3 Å². The largest absolute Gasteiger partial charge is 0.494 e. The van der Waals surface area contributed by atoms with Gasteiger partial charge < -0.3 is 14.8 Å². The number of carbonyl (C=O) groups excluding carboxylic acids is 2. The predicted octanol–water partition coefficient (Wildman–Crippen LogP) is 3.12. The smallest absolute Gasteiger partial charge is 0.338 e. The van der Waals surface area contributed by atoms with Gasteiger partial charge >= 0.3 is 5.97 Å². The van der Waals surface area contributed by atoms with Crippen LogP contribution in [0.4, 0.5) is 5.69 Å². The van der Waals surface area contributed by atoms with Gasteiger partial charge in [-0.3, -0.25) is 4.79 Å². The van der Waals surface area contributed by atoms with Crippen molar-refractivity contribution in [2.45, 2.75) is 20.8 Å². The number of anilines is 1. The van der Waals surface area contributed by atoms with E-state index >= 15 is 0 Å². The number of nitrogens with one attached hydrogen (secondary N) is 1. The van der Waals surface area contributed by atoms with Crippen LogP contribution in [-0.4, -0.2) is 26.1 Å². The van der Waals surface area contributed by atoms with Crippen LogP contribution in [0.3, 0.4) is 0 Å². The summed E-state index contributed by atoms with van der Waals surface area (Å²) in [6.07, 6.45) is 0. The van der Waals surface area contributed by atoms with Crippen molar-refractivity contribution < 1.29 is 19.1 Å². The van der Waals surface area contributed by atoms with E-state index in [9.17, 15) is 9.59 Å². The van der Waals surface area contributed by atoms with Crippen molar-refractivity contribution in [2.24, 2.45) is 5.41 Å². The Balaban J connectivity index is 3.21. The minimum Gasteiger partial charge on any atom is -0.494 e. The number of ether oxygens (including phenoxy) is 2. The van der Waals surface area contributed by atoms with Gasteiger partial charge in [0.15, 0.2) is 0 Å². The van der Waals surface area contributed by atoms with Gasteiger partial charge in [0.2, 0.25) is 5.91 Å². The number of amides is 1. The molecule has 0 aromatic heterocycles. The second-order valence-electron chi connectivity index (χ2n) is 5.23. The quantitative estimate of drug-likeness (QED) is 0.871. The molecule has 110 valence electrons. The summed E-state index contributed by atoms with van der Waals surface area (Å²) in [7, 11) is 2.71. The number of benzene rings is 1. The van der Waals surface area contributed by atoms with Gasteiger partial charge in [-0.15, -0.1) is 0 Å². The lowest BCUT2D eigenvalue weighted by Crippen LogP contribution is -2.28. The van der Waals surface area contributed by atoms with Crippen molar-refractivity contribution >= 4 is 29.2 Å². The zero-order chi connectivity index (χ0) is 15.5. The lowest BCUT2D eigenvalue weighted by Gasteiger charge is -2.20. The fourth-order valence-corrected chi connectivity index (χ4v) is 1.66. The molecular formula is C14H18ClNO4. The average molecular weight is 300 g/mol. The highest BCUT2D eigenvalue weighted by Crippen LogP contribution is 2.35. The third-order valence-corrected chi connectivity index (χ3v) is 2.91. The molecule has 0 aliphatic carbocycles. The molecule has 1 rings (SSSR count). The summed E-state index contributed by atoms with van der Waals surface area (Å²) >= 11 is 6.11. The van der Waals surface area contributed by atoms with Crippen molar-refractivity contribution in [2.75, 3.05) is 19.5 Å². The van der Waals surface area contributed by atoms with Crippen molar-refractivity contribution in [3.8, 4) is 5.75 Å². The molecule has 0 saturated carbocycles. The van der Waals surface area contributed by atoms with Gasteiger partial charge in [-0.2, -0.15) is 0 Å². The summed E-state index contributed by atoms with van der Waals surface area (Å²) in [5.41, 5.74) is 0.0138. The molecule has 0 saturated heterocycles. The van der Waals surface area contributed by atoms with Gasteiger partial charge in [-0.1, -0.05) is 32.4 Å².